The number of anilines is 1. The van der Waals surface area contributed by atoms with Crippen LogP contribution in [0.5, 0.6) is 0 Å². The summed E-state index contributed by atoms with van der Waals surface area (Å²) in [6.45, 7) is 1.23. The summed E-state index contributed by atoms with van der Waals surface area (Å²) in [6.07, 6.45) is 0.0603. The van der Waals surface area contributed by atoms with Crippen molar-refractivity contribution in [3.8, 4) is 0 Å². The van der Waals surface area contributed by atoms with Crippen molar-refractivity contribution in [2.24, 2.45) is 5.92 Å². The summed E-state index contributed by atoms with van der Waals surface area (Å²) in [5.74, 6) is 0.370. The Hall–Kier alpha value is -3.56. The molecule has 2 aromatic heterocycles. The van der Waals surface area contributed by atoms with E-state index in [1.54, 1.807) is 4.90 Å². The molecule has 6 N–H and O–H groups in total. The summed E-state index contributed by atoms with van der Waals surface area (Å²) < 4.78 is 12.6. The predicted molar refractivity (Wildman–Crippen MR) is 133 cm³/mol. The number of β-lactam (4-membered cyclic amide) rings is 1. The number of hydrogen-bond donors (Lipinski definition) is 5. The third kappa shape index (κ3) is 5.21. The number of aromatic nitrogens is 4. The van der Waals surface area contributed by atoms with Crippen molar-refractivity contribution in [1.82, 2.24) is 35.1 Å². The number of carbonyl (C=O) groups is 3. The van der Waals surface area contributed by atoms with Crippen LogP contribution in [0.15, 0.2) is 6.33 Å². The van der Waals surface area contributed by atoms with Crippen LogP contribution in [0.1, 0.15) is 44.2 Å². The van der Waals surface area contributed by atoms with Gasteiger partial charge in [0.1, 0.15) is 30.2 Å². The van der Waals surface area contributed by atoms with Crippen LogP contribution in [-0.4, -0.2) is 103 Å². The number of aliphatic hydroxyl groups is 2. The van der Waals surface area contributed by atoms with Gasteiger partial charge in [-0.1, -0.05) is 0 Å². The first-order valence-electron chi connectivity index (χ1n) is 13.3. The van der Waals surface area contributed by atoms with Crippen molar-refractivity contribution in [1.29, 1.82) is 0 Å². The Morgan fingerprint density at radius 1 is 1.18 bits per heavy atom. The minimum Gasteiger partial charge on any atom is -0.447 e. The zero-order valence-electron chi connectivity index (χ0n) is 21.2. The number of nitrogen functional groups attached to an aromatic ring is 1. The maximum atomic E-state index is 12.5. The lowest BCUT2D eigenvalue weighted by Gasteiger charge is -2.32. The highest BCUT2D eigenvalue weighted by Crippen LogP contribution is 2.33. The molecule has 3 amide bonds. The number of amides is 3. The fraction of sp³-hybridized carbons (Fsp3) is 0.667. The number of aliphatic hydroxyl groups excluding tert-OH is 2. The van der Waals surface area contributed by atoms with E-state index in [9.17, 15) is 24.6 Å². The lowest BCUT2D eigenvalue weighted by Crippen LogP contribution is -2.52. The van der Waals surface area contributed by atoms with Crippen LogP contribution >= 0.6 is 0 Å². The van der Waals surface area contributed by atoms with Gasteiger partial charge >= 0.3 is 6.09 Å². The molecular weight excluding hydrogens is 512 g/mol. The van der Waals surface area contributed by atoms with Crippen LogP contribution in [0.4, 0.5) is 10.6 Å². The fourth-order valence-electron chi connectivity index (χ4n) is 5.25. The Kier molecular flexibility index (Phi) is 6.72. The molecule has 4 fully saturated rings. The number of nitrogens with two attached hydrogens (primary N) is 1. The largest absolute Gasteiger partial charge is 0.447 e. The van der Waals surface area contributed by atoms with Crippen molar-refractivity contribution in [2.75, 3.05) is 25.4 Å². The molecule has 39 heavy (non-hydrogen) atoms. The maximum Gasteiger partial charge on any atom is 0.409 e. The highest BCUT2D eigenvalue weighted by molar-refractivity contribution is 5.84. The van der Waals surface area contributed by atoms with E-state index in [0.717, 1.165) is 25.7 Å². The molecular formula is C24H32N8O7. The third-order valence-electron chi connectivity index (χ3n) is 7.74. The van der Waals surface area contributed by atoms with E-state index in [4.69, 9.17) is 15.2 Å². The normalized spacial score (nSPS) is 29.2. The topological polar surface area (TPSA) is 207 Å². The van der Waals surface area contributed by atoms with Gasteiger partial charge < -0.3 is 41.0 Å². The number of hydrogen-bond acceptors (Lipinski definition) is 11. The number of rotatable bonds is 7. The summed E-state index contributed by atoms with van der Waals surface area (Å²) in [7, 11) is 0. The first-order valence-corrected chi connectivity index (χ1v) is 13.3. The van der Waals surface area contributed by atoms with Crippen LogP contribution in [0.25, 0.3) is 11.2 Å². The van der Waals surface area contributed by atoms with Crippen LogP contribution < -0.4 is 16.4 Å². The molecule has 6 rings (SSSR count). The number of nitrogens with zero attached hydrogens (tertiary/aromatic N) is 5. The molecule has 0 aromatic carbocycles. The number of piperidine rings is 1. The van der Waals surface area contributed by atoms with Gasteiger partial charge in [0.2, 0.25) is 5.91 Å². The highest BCUT2D eigenvalue weighted by Gasteiger charge is 2.48. The quantitative estimate of drug-likeness (QED) is 0.256. The zero-order chi connectivity index (χ0) is 27.3. The van der Waals surface area contributed by atoms with Crippen LogP contribution in [-0.2, 0) is 25.5 Å². The third-order valence-corrected chi connectivity index (χ3v) is 7.74. The van der Waals surface area contributed by atoms with Gasteiger partial charge in [0.05, 0.1) is 18.8 Å². The SMILES string of the molecule is Nc1nc(CC2CCN(C(=O)OCC3CC(=O)N3)CC2)nc2c1ncn2[C@@H]1O[C@H](C(=O)NC2CC2)C(O)C1O. The van der Waals surface area contributed by atoms with Crippen molar-refractivity contribution in [3.05, 3.63) is 12.2 Å². The van der Waals surface area contributed by atoms with E-state index in [1.807, 2.05) is 0 Å². The lowest BCUT2D eigenvalue weighted by atomic mass is 9.93. The second-order valence-corrected chi connectivity index (χ2v) is 10.7. The predicted octanol–water partition coefficient (Wildman–Crippen LogP) is -1.41. The van der Waals surface area contributed by atoms with Crippen LogP contribution in [0.3, 0.4) is 0 Å². The number of ether oxygens (including phenoxy) is 2. The van der Waals surface area contributed by atoms with Gasteiger partial charge in [-0.05, 0) is 31.6 Å². The summed E-state index contributed by atoms with van der Waals surface area (Å²) in [5.41, 5.74) is 6.84. The molecule has 5 atom stereocenters. The Morgan fingerprint density at radius 3 is 2.62 bits per heavy atom. The number of fused-ring (bicyclic) bond motifs is 1. The summed E-state index contributed by atoms with van der Waals surface area (Å²) in [4.78, 5) is 50.8. The summed E-state index contributed by atoms with van der Waals surface area (Å²) >= 11 is 0. The second-order valence-electron chi connectivity index (χ2n) is 10.7. The van der Waals surface area contributed by atoms with E-state index in [0.29, 0.717) is 42.9 Å². The molecule has 3 unspecified atom stereocenters. The molecule has 4 aliphatic rings. The van der Waals surface area contributed by atoms with Crippen molar-refractivity contribution in [3.63, 3.8) is 0 Å². The molecule has 2 aromatic rings. The average molecular weight is 545 g/mol. The molecule has 15 nitrogen and oxygen atoms in total. The van der Waals surface area contributed by atoms with Crippen LogP contribution in [0.2, 0.25) is 0 Å². The minimum atomic E-state index is -1.41. The standard InChI is InChI=1S/C24H32N8O7/c25-20-16-21(32(10-26-16)23-18(35)17(34)19(39-23)22(36)28-12-1-2-12)30-14(29-20)7-11-3-5-31(6-4-11)24(37)38-9-13-8-15(33)27-13/h10-13,17-19,23,34-35H,1-9H2,(H,27,33)(H,28,36)(H2,25,29,30)/t13?,17?,18?,19-,23+/m0/s1. The van der Waals surface area contributed by atoms with Gasteiger partial charge in [-0.25, -0.2) is 19.7 Å². The van der Waals surface area contributed by atoms with Gasteiger partial charge in [-0.15, -0.1) is 0 Å². The second kappa shape index (κ2) is 10.2. The van der Waals surface area contributed by atoms with Crippen molar-refractivity contribution < 1.29 is 34.1 Å². The molecule has 15 heteroatoms. The number of nitrogens with one attached hydrogen (secondary N) is 2. The van der Waals surface area contributed by atoms with Gasteiger partial charge in [-0.2, -0.15) is 0 Å². The van der Waals surface area contributed by atoms with Gasteiger partial charge in [-0.3, -0.25) is 14.2 Å². The van der Waals surface area contributed by atoms with E-state index < -0.39 is 30.4 Å². The Bertz CT molecular complexity index is 1270. The minimum absolute atomic E-state index is 0.0361. The van der Waals surface area contributed by atoms with Crippen molar-refractivity contribution >= 4 is 34.9 Å². The van der Waals surface area contributed by atoms with Gasteiger partial charge in [0.15, 0.2) is 23.8 Å². The fourth-order valence-corrected chi connectivity index (χ4v) is 5.25. The Balaban J connectivity index is 1.09. The smallest absolute Gasteiger partial charge is 0.409 e. The van der Waals surface area contributed by atoms with Crippen molar-refractivity contribution in [2.45, 2.75) is 75.1 Å². The maximum absolute atomic E-state index is 12.5. The lowest BCUT2D eigenvalue weighted by molar-refractivity contribution is -0.137. The van der Waals surface area contributed by atoms with E-state index in [1.165, 1.54) is 10.9 Å². The summed E-state index contributed by atoms with van der Waals surface area (Å²) in [6, 6.07) is -0.0162. The molecule has 3 saturated heterocycles. The number of likely N-dealkylation sites (tertiary alicyclic amines) is 1. The highest BCUT2D eigenvalue weighted by atomic mass is 16.6. The average Bonchev–Trinajstić information content (AvgIpc) is 3.53. The first kappa shape index (κ1) is 25.7. The molecule has 0 radical (unpaired) electrons. The first-order chi connectivity index (χ1) is 18.8. The monoisotopic (exact) mass is 544 g/mol. The van der Waals surface area contributed by atoms with E-state index >= 15 is 0 Å². The number of imidazole rings is 1. The van der Waals surface area contributed by atoms with Gasteiger partial charge in [0.25, 0.3) is 5.91 Å². The zero-order valence-corrected chi connectivity index (χ0v) is 21.2. The molecule has 1 saturated carbocycles. The summed E-state index contributed by atoms with van der Waals surface area (Å²) in [5, 5.41) is 26.6. The molecule has 0 bridgehead atoms. The Labute approximate surface area is 223 Å². The van der Waals surface area contributed by atoms with E-state index in [-0.39, 0.29) is 42.4 Å². The van der Waals surface area contributed by atoms with E-state index in [2.05, 4.69) is 25.6 Å². The molecule has 0 spiro atoms. The van der Waals surface area contributed by atoms with Gasteiger partial charge in [0, 0.05) is 25.6 Å². The molecule has 1 aliphatic carbocycles. The molecule has 3 aliphatic heterocycles. The molecule has 210 valence electrons. The molecule has 5 heterocycles. The Morgan fingerprint density at radius 2 is 1.92 bits per heavy atom. The van der Waals surface area contributed by atoms with Crippen LogP contribution in [0, 0.1) is 5.92 Å². The number of carbonyl (C=O) groups excluding carboxylic acids is 3.